The summed E-state index contributed by atoms with van der Waals surface area (Å²) in [7, 11) is 0. The van der Waals surface area contributed by atoms with E-state index in [0.29, 0.717) is 11.1 Å². The van der Waals surface area contributed by atoms with Crippen molar-refractivity contribution < 1.29 is 14.7 Å². The number of aromatic carboxylic acids is 1. The van der Waals surface area contributed by atoms with E-state index in [1.807, 2.05) is 27.7 Å². The summed E-state index contributed by atoms with van der Waals surface area (Å²) in [4.78, 5) is 41.7. The van der Waals surface area contributed by atoms with E-state index >= 15 is 0 Å². The lowest BCUT2D eigenvalue weighted by Crippen LogP contribution is -2.35. The van der Waals surface area contributed by atoms with Crippen molar-refractivity contribution in [3.05, 3.63) is 75.7 Å². The van der Waals surface area contributed by atoms with Gasteiger partial charge in [-0.3, -0.25) is 19.6 Å². The molecule has 0 bridgehead atoms. The molecule has 3 rings (SSSR count). The molecule has 1 heterocycles. The standard InChI is InChI=1S/C24H27N7O4.C2H6/c1-13(2)30-22-23(33)31(12-20(32)28-10-14-3-5-15(6-4-14)21(26)27)19(11-29-22)16-7-17(24(34)35)9-18(25)8-16;1-2/h3-9,11,13H,10,12,25H2,1-2H3,(H3,26,27)(H,28,32)(H,29,30)(H,34,35);1-2H3. The number of amides is 1. The van der Waals surface area contributed by atoms with E-state index in [1.54, 1.807) is 24.3 Å². The van der Waals surface area contributed by atoms with E-state index < -0.39 is 17.4 Å². The number of nitrogens with two attached hydrogens (primary N) is 2. The number of nitrogens with one attached hydrogen (secondary N) is 3. The molecular formula is C26H33N7O4. The Bertz CT molecular complexity index is 1330. The van der Waals surface area contributed by atoms with Crippen molar-refractivity contribution in [2.24, 2.45) is 5.73 Å². The minimum absolute atomic E-state index is 0.0522. The van der Waals surface area contributed by atoms with Crippen LogP contribution in [0.4, 0.5) is 11.5 Å². The Morgan fingerprint density at radius 1 is 1.11 bits per heavy atom. The first-order valence-corrected chi connectivity index (χ1v) is 11.8. The third kappa shape index (κ3) is 7.66. The number of carbonyl (C=O) groups is 2. The largest absolute Gasteiger partial charge is 0.478 e. The predicted molar refractivity (Wildman–Crippen MR) is 145 cm³/mol. The van der Waals surface area contributed by atoms with Gasteiger partial charge in [-0.15, -0.1) is 0 Å². The Morgan fingerprint density at radius 3 is 2.32 bits per heavy atom. The molecule has 0 aliphatic rings. The van der Waals surface area contributed by atoms with E-state index in [9.17, 15) is 19.5 Å². The summed E-state index contributed by atoms with van der Waals surface area (Å²) in [6.45, 7) is 7.57. The van der Waals surface area contributed by atoms with Gasteiger partial charge in [0.2, 0.25) is 5.91 Å². The summed E-state index contributed by atoms with van der Waals surface area (Å²) in [5.74, 6) is -1.59. The van der Waals surface area contributed by atoms with Crippen molar-refractivity contribution in [2.45, 2.75) is 46.8 Å². The second kappa shape index (κ2) is 12.9. The number of nitrogens with zero attached hydrogens (tertiary/aromatic N) is 2. The third-order valence-corrected chi connectivity index (χ3v) is 5.03. The van der Waals surface area contributed by atoms with Crippen LogP contribution in [0.15, 0.2) is 53.5 Å². The number of aromatic nitrogens is 2. The molecule has 0 unspecified atom stereocenters. The number of hydrogen-bond donors (Lipinski definition) is 6. The van der Waals surface area contributed by atoms with Crippen LogP contribution in [0.3, 0.4) is 0 Å². The van der Waals surface area contributed by atoms with E-state index in [2.05, 4.69) is 15.6 Å². The smallest absolute Gasteiger partial charge is 0.335 e. The van der Waals surface area contributed by atoms with Crippen LogP contribution in [0.25, 0.3) is 11.3 Å². The minimum Gasteiger partial charge on any atom is -0.478 e. The fourth-order valence-corrected chi connectivity index (χ4v) is 3.37. The van der Waals surface area contributed by atoms with Crippen LogP contribution < -0.4 is 27.7 Å². The lowest BCUT2D eigenvalue weighted by molar-refractivity contribution is -0.121. The van der Waals surface area contributed by atoms with E-state index in [1.165, 1.54) is 29.0 Å². The molecule has 1 aromatic heterocycles. The van der Waals surface area contributed by atoms with Gasteiger partial charge in [-0.1, -0.05) is 38.1 Å². The van der Waals surface area contributed by atoms with Gasteiger partial charge >= 0.3 is 5.97 Å². The molecule has 3 aromatic rings. The molecule has 11 nitrogen and oxygen atoms in total. The van der Waals surface area contributed by atoms with E-state index in [0.717, 1.165) is 5.56 Å². The predicted octanol–water partition coefficient (Wildman–Crippen LogP) is 2.64. The molecule has 0 fully saturated rings. The highest BCUT2D eigenvalue weighted by Crippen LogP contribution is 2.23. The van der Waals surface area contributed by atoms with Crippen LogP contribution in [-0.4, -0.2) is 38.4 Å². The Hall–Kier alpha value is -4.67. The van der Waals surface area contributed by atoms with Crippen molar-refractivity contribution >= 4 is 29.2 Å². The quantitative estimate of drug-likeness (QED) is 0.145. The third-order valence-electron chi connectivity index (χ3n) is 5.03. The number of amidine groups is 1. The number of carboxylic acids is 1. The summed E-state index contributed by atoms with van der Waals surface area (Å²) >= 11 is 0. The zero-order valence-electron chi connectivity index (χ0n) is 21.3. The van der Waals surface area contributed by atoms with Gasteiger partial charge in [0.05, 0.1) is 17.5 Å². The molecule has 0 spiro atoms. The average Bonchev–Trinajstić information content (AvgIpc) is 2.86. The molecule has 37 heavy (non-hydrogen) atoms. The molecule has 0 saturated heterocycles. The van der Waals surface area contributed by atoms with E-state index in [4.69, 9.17) is 16.9 Å². The first-order chi connectivity index (χ1) is 17.5. The van der Waals surface area contributed by atoms with Crippen LogP contribution in [0.5, 0.6) is 0 Å². The van der Waals surface area contributed by atoms with Crippen molar-refractivity contribution in [3.8, 4) is 11.3 Å². The van der Waals surface area contributed by atoms with Gasteiger partial charge in [0.25, 0.3) is 5.56 Å². The van der Waals surface area contributed by atoms with Gasteiger partial charge < -0.3 is 27.2 Å². The first-order valence-electron chi connectivity index (χ1n) is 11.8. The van der Waals surface area contributed by atoms with Crippen molar-refractivity contribution in [2.75, 3.05) is 11.1 Å². The van der Waals surface area contributed by atoms with Gasteiger partial charge in [0.15, 0.2) is 5.82 Å². The average molecular weight is 508 g/mol. The molecule has 0 aliphatic heterocycles. The highest BCUT2D eigenvalue weighted by molar-refractivity contribution is 5.95. The lowest BCUT2D eigenvalue weighted by Gasteiger charge is -2.16. The van der Waals surface area contributed by atoms with Gasteiger partial charge in [-0.25, -0.2) is 9.78 Å². The molecule has 0 atom stereocenters. The number of carboxylic acid groups (broad SMARTS) is 1. The molecule has 1 amide bonds. The molecule has 2 aromatic carbocycles. The normalized spacial score (nSPS) is 10.3. The van der Waals surface area contributed by atoms with Crippen molar-refractivity contribution in [3.63, 3.8) is 0 Å². The maximum absolute atomic E-state index is 13.2. The summed E-state index contributed by atoms with van der Waals surface area (Å²) in [6, 6.07) is 11.0. The molecular weight excluding hydrogens is 474 g/mol. The van der Waals surface area contributed by atoms with Crippen molar-refractivity contribution in [1.82, 2.24) is 14.9 Å². The second-order valence-corrected chi connectivity index (χ2v) is 8.22. The zero-order chi connectivity index (χ0) is 27.7. The maximum atomic E-state index is 13.2. The Kier molecular flexibility index (Phi) is 9.93. The molecule has 0 saturated carbocycles. The van der Waals surface area contributed by atoms with Crippen molar-refractivity contribution in [1.29, 1.82) is 5.41 Å². The number of anilines is 2. The summed E-state index contributed by atoms with van der Waals surface area (Å²) in [5, 5.41) is 22.5. The Balaban J connectivity index is 0.00000235. The van der Waals surface area contributed by atoms with Crippen LogP contribution >= 0.6 is 0 Å². The second-order valence-electron chi connectivity index (χ2n) is 8.22. The number of rotatable bonds is 9. The SMILES string of the molecule is CC.CC(C)Nc1ncc(-c2cc(N)cc(C(=O)O)c2)n(CC(=O)NCc2ccc(C(=N)N)cc2)c1=O. The van der Waals surface area contributed by atoms with Crippen LogP contribution in [0.2, 0.25) is 0 Å². The Morgan fingerprint density at radius 2 is 1.76 bits per heavy atom. The fourth-order valence-electron chi connectivity index (χ4n) is 3.37. The summed E-state index contributed by atoms with van der Waals surface area (Å²) < 4.78 is 1.23. The lowest BCUT2D eigenvalue weighted by atomic mass is 10.1. The van der Waals surface area contributed by atoms with Gasteiger partial charge in [-0.05, 0) is 37.6 Å². The van der Waals surface area contributed by atoms with Crippen LogP contribution in [0.1, 0.15) is 49.2 Å². The van der Waals surface area contributed by atoms with Gasteiger partial charge in [0.1, 0.15) is 12.4 Å². The summed E-state index contributed by atoms with van der Waals surface area (Å²) in [6.07, 6.45) is 1.40. The van der Waals surface area contributed by atoms with Gasteiger partial charge in [-0.2, -0.15) is 0 Å². The van der Waals surface area contributed by atoms with Gasteiger partial charge in [0, 0.05) is 29.4 Å². The number of hydrogen-bond acceptors (Lipinski definition) is 7. The molecule has 0 aliphatic carbocycles. The molecule has 196 valence electrons. The number of benzene rings is 2. The first kappa shape index (κ1) is 28.6. The zero-order valence-corrected chi connectivity index (χ0v) is 21.3. The summed E-state index contributed by atoms with van der Waals surface area (Å²) in [5.41, 5.74) is 12.9. The molecule has 11 heteroatoms. The van der Waals surface area contributed by atoms with E-state index in [-0.39, 0.29) is 47.7 Å². The molecule has 0 radical (unpaired) electrons. The Labute approximate surface area is 215 Å². The molecule has 8 N–H and O–H groups in total. The topological polar surface area (TPSA) is 189 Å². The maximum Gasteiger partial charge on any atom is 0.335 e. The number of nitrogen functional groups attached to an aromatic ring is 2. The number of carbonyl (C=O) groups excluding carboxylic acids is 1. The van der Waals surface area contributed by atoms with Crippen LogP contribution in [0, 0.1) is 5.41 Å². The minimum atomic E-state index is -1.17. The highest BCUT2D eigenvalue weighted by atomic mass is 16.4. The monoisotopic (exact) mass is 507 g/mol. The highest BCUT2D eigenvalue weighted by Gasteiger charge is 2.17. The fraction of sp³-hybridized carbons (Fsp3) is 0.269. The van der Waals surface area contributed by atoms with Crippen LogP contribution in [-0.2, 0) is 17.9 Å².